The molecule has 4 heteroatoms. The summed E-state index contributed by atoms with van der Waals surface area (Å²) in [6.45, 7) is 8.98. The highest BCUT2D eigenvalue weighted by molar-refractivity contribution is 5.71. The van der Waals surface area contributed by atoms with E-state index >= 15 is 0 Å². The van der Waals surface area contributed by atoms with E-state index in [1.54, 1.807) is 0 Å². The van der Waals surface area contributed by atoms with E-state index in [2.05, 4.69) is 27.7 Å². The van der Waals surface area contributed by atoms with Crippen molar-refractivity contribution in [2.45, 2.75) is 181 Å². The quantitative estimate of drug-likeness (QED) is 0.122. The van der Waals surface area contributed by atoms with Crippen molar-refractivity contribution in [3.05, 3.63) is 0 Å². The van der Waals surface area contributed by atoms with Gasteiger partial charge in [-0.05, 0) is 87.9 Å². The minimum Gasteiger partial charge on any atom is -0.462 e. The van der Waals surface area contributed by atoms with E-state index in [0.717, 1.165) is 25.7 Å². The molecule has 4 unspecified atom stereocenters. The molecule has 0 aromatic carbocycles. The van der Waals surface area contributed by atoms with E-state index in [1.165, 1.54) is 89.9 Å². The maximum Gasteiger partial charge on any atom is 0.306 e. The molecule has 0 heterocycles. The van der Waals surface area contributed by atoms with Gasteiger partial charge in [-0.15, -0.1) is 0 Å². The number of carbonyl (C=O) groups excluding carboxylic acids is 2. The van der Waals surface area contributed by atoms with Crippen LogP contribution in [-0.2, 0) is 19.1 Å². The monoisotopic (exact) mass is 534 g/mol. The lowest BCUT2D eigenvalue weighted by Crippen LogP contribution is -2.35. The van der Waals surface area contributed by atoms with Crippen LogP contribution in [0.3, 0.4) is 0 Å². The molecule has 0 aromatic heterocycles. The van der Waals surface area contributed by atoms with Crippen molar-refractivity contribution in [1.82, 2.24) is 0 Å². The first-order valence-corrected chi connectivity index (χ1v) is 16.9. The Kier molecular flexibility index (Phi) is 17.4. The highest BCUT2D eigenvalue weighted by Gasteiger charge is 2.34. The van der Waals surface area contributed by atoms with Crippen LogP contribution >= 0.6 is 0 Å². The molecule has 0 saturated heterocycles. The Morgan fingerprint density at radius 3 is 1.26 bits per heavy atom. The molecule has 2 aliphatic rings. The summed E-state index contributed by atoms with van der Waals surface area (Å²) in [6, 6.07) is 0. The van der Waals surface area contributed by atoms with Crippen LogP contribution in [-0.4, -0.2) is 24.1 Å². The number of ether oxygens (including phenoxy) is 2. The van der Waals surface area contributed by atoms with Crippen molar-refractivity contribution in [2.24, 2.45) is 23.7 Å². The maximum atomic E-state index is 12.9. The minimum atomic E-state index is -0.0606. The number of hydrogen-bond donors (Lipinski definition) is 0. The molecule has 0 N–H and O–H groups in total. The third-order valence-corrected chi connectivity index (χ3v) is 9.61. The van der Waals surface area contributed by atoms with Crippen LogP contribution in [0.1, 0.15) is 169 Å². The normalized spacial score (nSPS) is 20.4. The molecule has 4 nitrogen and oxygen atoms in total. The predicted octanol–water partition coefficient (Wildman–Crippen LogP) is 9.96. The molecular weight excluding hydrogens is 472 g/mol. The number of esters is 2. The van der Waals surface area contributed by atoms with Crippen molar-refractivity contribution in [3.8, 4) is 0 Å². The largest absolute Gasteiger partial charge is 0.462 e. The Morgan fingerprint density at radius 1 is 0.579 bits per heavy atom. The van der Waals surface area contributed by atoms with E-state index < -0.39 is 0 Å². The number of unbranched alkanes of at least 4 members (excludes halogenated alkanes) is 3. The van der Waals surface area contributed by atoms with Crippen LogP contribution < -0.4 is 0 Å². The summed E-state index contributed by atoms with van der Waals surface area (Å²) in [5, 5.41) is 0. The van der Waals surface area contributed by atoms with Gasteiger partial charge in [0.1, 0.15) is 12.2 Å². The summed E-state index contributed by atoms with van der Waals surface area (Å²) in [6.07, 6.45) is 24.2. The smallest absolute Gasteiger partial charge is 0.306 e. The van der Waals surface area contributed by atoms with Gasteiger partial charge in [0.25, 0.3) is 0 Å². The van der Waals surface area contributed by atoms with Gasteiger partial charge in [0.05, 0.1) is 0 Å². The van der Waals surface area contributed by atoms with E-state index in [1.807, 2.05) is 0 Å². The minimum absolute atomic E-state index is 0.0606. The molecule has 0 aromatic rings. The topological polar surface area (TPSA) is 52.6 Å². The van der Waals surface area contributed by atoms with Gasteiger partial charge >= 0.3 is 11.9 Å². The lowest BCUT2D eigenvalue weighted by atomic mass is 9.78. The Balaban J connectivity index is 1.83. The maximum absolute atomic E-state index is 12.9. The van der Waals surface area contributed by atoms with Crippen LogP contribution in [0.15, 0.2) is 0 Å². The molecule has 4 atom stereocenters. The third-order valence-electron chi connectivity index (χ3n) is 9.61. The van der Waals surface area contributed by atoms with Crippen LogP contribution in [0.4, 0.5) is 0 Å². The summed E-state index contributed by atoms with van der Waals surface area (Å²) >= 11 is 0. The summed E-state index contributed by atoms with van der Waals surface area (Å²) in [5.74, 6) is 1.89. The van der Waals surface area contributed by atoms with Crippen LogP contribution in [0.2, 0.25) is 0 Å². The van der Waals surface area contributed by atoms with Gasteiger partial charge in [0, 0.05) is 12.8 Å². The SMILES string of the molecule is CCCCC(CC)C(OC(=O)CCCCC(=O)OC(C(CC)CCCC)C1CCCCC1)C1CCCCC1. The van der Waals surface area contributed by atoms with Crippen LogP contribution in [0, 0.1) is 23.7 Å². The predicted molar refractivity (Wildman–Crippen MR) is 158 cm³/mol. The number of hydrogen-bond acceptors (Lipinski definition) is 4. The standard InChI is InChI=1S/C34H62O4/c1-5-9-19-27(7-3)33(29-21-13-11-14-22-29)37-31(35)25-17-18-26-32(36)38-34(28(8-4)20-10-6-2)30-23-15-12-16-24-30/h27-30,33-34H,5-26H2,1-4H3. The molecular formula is C34H62O4. The Labute approximate surface area is 235 Å². The van der Waals surface area contributed by atoms with Crippen LogP contribution in [0.5, 0.6) is 0 Å². The van der Waals surface area contributed by atoms with E-state index in [9.17, 15) is 9.59 Å². The molecule has 2 rings (SSSR count). The van der Waals surface area contributed by atoms with Gasteiger partial charge in [-0.1, -0.05) is 91.9 Å². The average molecular weight is 535 g/mol. The van der Waals surface area contributed by atoms with Crippen molar-refractivity contribution in [3.63, 3.8) is 0 Å². The fourth-order valence-electron chi connectivity index (χ4n) is 7.17. The first-order chi connectivity index (χ1) is 18.5. The molecule has 0 radical (unpaired) electrons. The number of rotatable bonds is 19. The fraction of sp³-hybridized carbons (Fsp3) is 0.941. The van der Waals surface area contributed by atoms with Crippen LogP contribution in [0.25, 0.3) is 0 Å². The van der Waals surface area contributed by atoms with Gasteiger partial charge in [-0.25, -0.2) is 0 Å². The molecule has 2 saturated carbocycles. The molecule has 222 valence electrons. The zero-order chi connectivity index (χ0) is 27.6. The molecule has 0 bridgehead atoms. The zero-order valence-electron chi connectivity index (χ0n) is 25.7. The lowest BCUT2D eigenvalue weighted by molar-refractivity contribution is -0.159. The molecule has 0 spiro atoms. The fourth-order valence-corrected chi connectivity index (χ4v) is 7.17. The summed E-state index contributed by atoms with van der Waals surface area (Å²) in [4.78, 5) is 25.8. The van der Waals surface area contributed by atoms with Crippen molar-refractivity contribution < 1.29 is 19.1 Å². The van der Waals surface area contributed by atoms with Gasteiger partial charge in [0.2, 0.25) is 0 Å². The first-order valence-electron chi connectivity index (χ1n) is 16.9. The third kappa shape index (κ3) is 12.0. The Hall–Kier alpha value is -1.06. The Morgan fingerprint density at radius 2 is 0.947 bits per heavy atom. The second-order valence-corrected chi connectivity index (χ2v) is 12.5. The second-order valence-electron chi connectivity index (χ2n) is 12.5. The summed E-state index contributed by atoms with van der Waals surface area (Å²) in [5.41, 5.74) is 0. The average Bonchev–Trinajstić information content (AvgIpc) is 2.95. The van der Waals surface area contributed by atoms with Gasteiger partial charge in [0.15, 0.2) is 0 Å². The van der Waals surface area contributed by atoms with Crippen molar-refractivity contribution in [2.75, 3.05) is 0 Å². The van der Waals surface area contributed by atoms with Gasteiger partial charge < -0.3 is 9.47 Å². The van der Waals surface area contributed by atoms with Gasteiger partial charge in [-0.3, -0.25) is 9.59 Å². The molecule has 2 fully saturated rings. The number of carbonyl (C=O) groups is 2. The van der Waals surface area contributed by atoms with E-state index in [-0.39, 0.29) is 24.1 Å². The lowest BCUT2D eigenvalue weighted by Gasteiger charge is -2.35. The van der Waals surface area contributed by atoms with E-state index in [4.69, 9.17) is 9.47 Å². The highest BCUT2D eigenvalue weighted by Crippen LogP contribution is 2.36. The molecule has 0 amide bonds. The Bertz CT molecular complexity index is 566. The van der Waals surface area contributed by atoms with Crippen molar-refractivity contribution in [1.29, 1.82) is 0 Å². The first kappa shape index (κ1) is 33.1. The second kappa shape index (κ2) is 19.9. The summed E-state index contributed by atoms with van der Waals surface area (Å²) in [7, 11) is 0. The van der Waals surface area contributed by atoms with Crippen molar-refractivity contribution >= 4 is 11.9 Å². The summed E-state index contributed by atoms with van der Waals surface area (Å²) < 4.78 is 12.4. The molecule has 38 heavy (non-hydrogen) atoms. The molecule has 2 aliphatic carbocycles. The molecule has 0 aliphatic heterocycles. The highest BCUT2D eigenvalue weighted by atomic mass is 16.5. The van der Waals surface area contributed by atoms with E-state index in [0.29, 0.717) is 49.4 Å². The van der Waals surface area contributed by atoms with Gasteiger partial charge in [-0.2, -0.15) is 0 Å². The zero-order valence-corrected chi connectivity index (χ0v) is 25.7.